The van der Waals surface area contributed by atoms with Gasteiger partial charge in [0.25, 0.3) is 0 Å². The normalized spacial score (nSPS) is 9.57. The van der Waals surface area contributed by atoms with Crippen molar-refractivity contribution in [1.29, 1.82) is 0 Å². The summed E-state index contributed by atoms with van der Waals surface area (Å²) in [7, 11) is 0. The number of halogens is 1. The summed E-state index contributed by atoms with van der Waals surface area (Å²) in [4.78, 5) is 11.6. The minimum absolute atomic E-state index is 0.120. The molecule has 0 fully saturated rings. The Morgan fingerprint density at radius 2 is 2.43 bits per heavy atom. The standard InChI is InChI=1S/C3H3BrO2.Hg/c4-2-1-3(5)6;/h1-2H,(H,5,6);/q;+1/p-1. The Morgan fingerprint density at radius 3 is 2.57 bits per heavy atom. The molecule has 0 aliphatic carbocycles. The molecule has 4 heteroatoms. The molecule has 35 valence electrons. The number of hydrogen-bond acceptors (Lipinski definition) is 2. The molecule has 0 spiro atoms. The zero-order chi connectivity index (χ0) is 5.70. The molecular weight excluding hydrogens is 349 g/mol. The maximum absolute atomic E-state index is 10.1. The SMILES string of the molecule is O=C(C=CBr)[O][Hg]. The fraction of sp³-hybridized carbons (Fsp3) is 0. The molecule has 0 aromatic rings. The maximum atomic E-state index is 10.1. The summed E-state index contributed by atoms with van der Waals surface area (Å²) in [6.07, 6.45) is 1.33. The molecular formula is C3H2BrHgO2. The van der Waals surface area contributed by atoms with Gasteiger partial charge >= 0.3 is 67.0 Å². The van der Waals surface area contributed by atoms with Crippen molar-refractivity contribution in [2.45, 2.75) is 0 Å². The van der Waals surface area contributed by atoms with Gasteiger partial charge in [0, 0.05) is 0 Å². The van der Waals surface area contributed by atoms with Gasteiger partial charge < -0.3 is 0 Å². The Kier molecular flexibility index (Phi) is 5.20. The molecule has 0 bridgehead atoms. The Morgan fingerprint density at radius 1 is 1.86 bits per heavy atom. The van der Waals surface area contributed by atoms with E-state index in [2.05, 4.69) is 18.6 Å². The first-order chi connectivity index (χ1) is 3.31. The van der Waals surface area contributed by atoms with E-state index in [4.69, 9.17) is 0 Å². The van der Waals surface area contributed by atoms with Crippen molar-refractivity contribution in [1.82, 2.24) is 0 Å². The van der Waals surface area contributed by atoms with E-state index < -0.39 is 0 Å². The fourth-order valence-electron chi connectivity index (χ4n) is 0.0995. The van der Waals surface area contributed by atoms with E-state index in [0.29, 0.717) is 0 Å². The summed E-state index contributed by atoms with van der Waals surface area (Å²) in [5, 5.41) is 0. The van der Waals surface area contributed by atoms with Crippen molar-refractivity contribution < 1.29 is 34.0 Å². The van der Waals surface area contributed by atoms with Crippen LogP contribution < -0.4 is 0 Å². The van der Waals surface area contributed by atoms with Crippen molar-refractivity contribution in [2.75, 3.05) is 0 Å². The Balaban J connectivity index is 3.37. The molecule has 0 aliphatic rings. The average molecular weight is 351 g/mol. The summed E-state index contributed by atoms with van der Waals surface area (Å²) in [6.45, 7) is 0. The van der Waals surface area contributed by atoms with Crippen LogP contribution in [0.3, 0.4) is 0 Å². The zero-order valence-corrected chi connectivity index (χ0v) is 10.6. The van der Waals surface area contributed by atoms with Crippen molar-refractivity contribution in [2.24, 2.45) is 0 Å². The summed E-state index contributed by atoms with van der Waals surface area (Å²) < 4.78 is 4.43. The van der Waals surface area contributed by atoms with Gasteiger partial charge in [0.1, 0.15) is 0 Å². The van der Waals surface area contributed by atoms with Gasteiger partial charge in [-0.25, -0.2) is 0 Å². The molecule has 0 saturated heterocycles. The first-order valence-corrected chi connectivity index (χ1v) is 4.70. The van der Waals surface area contributed by atoms with Crippen LogP contribution in [0.1, 0.15) is 0 Å². The molecule has 2 nitrogen and oxygen atoms in total. The third kappa shape index (κ3) is 4.48. The Labute approximate surface area is 66.7 Å². The molecule has 0 atom stereocenters. The van der Waals surface area contributed by atoms with Gasteiger partial charge in [-0.15, -0.1) is 0 Å². The van der Waals surface area contributed by atoms with E-state index in [-0.39, 0.29) is 32.5 Å². The van der Waals surface area contributed by atoms with Crippen LogP contribution in [0.2, 0.25) is 0 Å². The molecule has 0 aromatic carbocycles. The predicted molar refractivity (Wildman–Crippen MR) is 24.2 cm³/mol. The molecule has 0 rings (SSSR count). The summed E-state index contributed by atoms with van der Waals surface area (Å²) in [5.41, 5.74) is 0. The van der Waals surface area contributed by atoms with Gasteiger partial charge in [-0.05, 0) is 0 Å². The molecule has 0 aliphatic heterocycles. The second-order valence-electron chi connectivity index (χ2n) is 0.756. The molecule has 0 saturated carbocycles. The fourth-order valence-corrected chi connectivity index (χ4v) is 0.689. The summed E-state index contributed by atoms with van der Waals surface area (Å²) in [6, 6.07) is 0. The monoisotopic (exact) mass is 351 g/mol. The van der Waals surface area contributed by atoms with Gasteiger partial charge in [-0.2, -0.15) is 0 Å². The van der Waals surface area contributed by atoms with Crippen LogP contribution in [-0.4, -0.2) is 5.97 Å². The number of hydrogen-bond donors (Lipinski definition) is 0. The molecule has 0 aromatic heterocycles. The summed E-state index contributed by atoms with van der Waals surface area (Å²) >= 11 is 3.05. The van der Waals surface area contributed by atoms with Crippen LogP contribution in [0.4, 0.5) is 0 Å². The second-order valence-corrected chi connectivity index (χ2v) is 2.41. The second kappa shape index (κ2) is 4.78. The molecule has 7 heavy (non-hydrogen) atoms. The van der Waals surface area contributed by atoms with Gasteiger partial charge in [0.05, 0.1) is 0 Å². The summed E-state index contributed by atoms with van der Waals surface area (Å²) in [5.74, 6) is -0.264. The van der Waals surface area contributed by atoms with Gasteiger partial charge in [-0.1, -0.05) is 0 Å². The van der Waals surface area contributed by atoms with E-state index in [9.17, 15) is 4.79 Å². The number of carbonyl (C=O) groups is 1. The molecule has 0 heterocycles. The number of carbonyl (C=O) groups excluding carboxylic acids is 1. The first kappa shape index (κ1) is 7.63. The molecule has 0 amide bonds. The Bertz CT molecular complexity index is 90.9. The van der Waals surface area contributed by atoms with Crippen molar-refractivity contribution in [3.63, 3.8) is 0 Å². The molecule has 0 radical (unpaired) electrons. The van der Waals surface area contributed by atoms with Crippen molar-refractivity contribution >= 4 is 21.9 Å². The minimum atomic E-state index is -0.264. The average Bonchev–Trinajstić information content (AvgIpc) is 1.68. The van der Waals surface area contributed by atoms with E-state index in [1.165, 1.54) is 11.1 Å². The van der Waals surface area contributed by atoms with Gasteiger partial charge in [-0.3, -0.25) is 0 Å². The van der Waals surface area contributed by atoms with Gasteiger partial charge in [0.15, 0.2) is 0 Å². The van der Waals surface area contributed by atoms with Crippen LogP contribution in [-0.2, 0) is 34.0 Å². The first-order valence-electron chi connectivity index (χ1n) is 1.54. The van der Waals surface area contributed by atoms with Crippen LogP contribution in [0, 0.1) is 0 Å². The van der Waals surface area contributed by atoms with Crippen molar-refractivity contribution in [3.8, 4) is 0 Å². The van der Waals surface area contributed by atoms with Crippen LogP contribution in [0.15, 0.2) is 11.1 Å². The quantitative estimate of drug-likeness (QED) is 0.519. The van der Waals surface area contributed by atoms with E-state index in [1.807, 2.05) is 0 Å². The molecule has 0 unspecified atom stereocenters. The van der Waals surface area contributed by atoms with Crippen LogP contribution in [0.5, 0.6) is 0 Å². The van der Waals surface area contributed by atoms with Crippen LogP contribution in [0.25, 0.3) is 0 Å². The van der Waals surface area contributed by atoms with E-state index in [1.54, 1.807) is 0 Å². The zero-order valence-electron chi connectivity index (χ0n) is 3.56. The predicted octanol–water partition coefficient (Wildman–Crippen LogP) is 0.900. The topological polar surface area (TPSA) is 26.3 Å². The van der Waals surface area contributed by atoms with Crippen LogP contribution >= 0.6 is 15.9 Å². The van der Waals surface area contributed by atoms with E-state index >= 15 is 0 Å². The Hall–Kier alpha value is 0.625. The van der Waals surface area contributed by atoms with Gasteiger partial charge in [0.2, 0.25) is 0 Å². The molecule has 0 N–H and O–H groups in total. The van der Waals surface area contributed by atoms with Crippen molar-refractivity contribution in [3.05, 3.63) is 11.1 Å². The third-order valence-electron chi connectivity index (χ3n) is 0.341. The number of rotatable bonds is 1. The third-order valence-corrected chi connectivity index (χ3v) is 1.71. The van der Waals surface area contributed by atoms with E-state index in [0.717, 1.165) is 0 Å².